The first-order chi connectivity index (χ1) is 8.74. The highest BCUT2D eigenvalue weighted by atomic mass is 35.5. The maximum atomic E-state index is 6.20. The summed E-state index contributed by atoms with van der Waals surface area (Å²) < 4.78 is 0. The molecule has 2 nitrogen and oxygen atoms in total. The minimum absolute atomic E-state index is 0.571. The van der Waals surface area contributed by atoms with Crippen LogP contribution in [0.25, 0.3) is 0 Å². The van der Waals surface area contributed by atoms with Gasteiger partial charge in [0.25, 0.3) is 0 Å². The zero-order valence-electron chi connectivity index (χ0n) is 9.74. The highest BCUT2D eigenvalue weighted by Gasteiger charge is 2.19. The number of fused-ring (bicyclic) bond motifs is 1. The predicted octanol–water partition coefficient (Wildman–Crippen LogP) is 3.95. The Hall–Kier alpha value is -1.25. The first-order valence-electron chi connectivity index (χ1n) is 5.87. The number of nitrogens with zero attached hydrogens (tertiary/aromatic N) is 2. The number of rotatable bonds is 1. The van der Waals surface area contributed by atoms with Crippen molar-refractivity contribution in [1.29, 1.82) is 0 Å². The fourth-order valence-corrected chi connectivity index (χ4v) is 2.82. The summed E-state index contributed by atoms with van der Waals surface area (Å²) in [5, 5.41) is 1.18. The van der Waals surface area contributed by atoms with Crippen LogP contribution in [0.3, 0.4) is 0 Å². The van der Waals surface area contributed by atoms with Crippen LogP contribution in [0.5, 0.6) is 0 Å². The van der Waals surface area contributed by atoms with E-state index in [1.165, 1.54) is 11.1 Å². The molecule has 0 fully saturated rings. The van der Waals surface area contributed by atoms with Crippen molar-refractivity contribution in [2.24, 2.45) is 0 Å². The molecule has 3 rings (SSSR count). The van der Waals surface area contributed by atoms with Crippen molar-refractivity contribution in [3.05, 3.63) is 57.7 Å². The van der Waals surface area contributed by atoms with E-state index in [-0.39, 0.29) is 0 Å². The van der Waals surface area contributed by atoms with Gasteiger partial charge >= 0.3 is 0 Å². The lowest BCUT2D eigenvalue weighted by atomic mass is 10.00. The highest BCUT2D eigenvalue weighted by molar-refractivity contribution is 6.36. The Balaban J connectivity index is 1.92. The maximum Gasteiger partial charge on any atom is 0.147 e. The van der Waals surface area contributed by atoms with Gasteiger partial charge in [0, 0.05) is 19.3 Å². The van der Waals surface area contributed by atoms with E-state index >= 15 is 0 Å². The summed E-state index contributed by atoms with van der Waals surface area (Å²) in [6, 6.07) is 10.2. The molecule has 1 aliphatic rings. The van der Waals surface area contributed by atoms with Crippen LogP contribution in [0.1, 0.15) is 11.1 Å². The van der Waals surface area contributed by atoms with Crippen LogP contribution in [0, 0.1) is 0 Å². The molecule has 0 aliphatic carbocycles. The minimum atomic E-state index is 0.571. The fourth-order valence-electron chi connectivity index (χ4n) is 2.32. The Morgan fingerprint density at radius 1 is 1.11 bits per heavy atom. The van der Waals surface area contributed by atoms with Crippen molar-refractivity contribution in [3.63, 3.8) is 0 Å². The average Bonchev–Trinajstić information content (AvgIpc) is 2.38. The number of hydrogen-bond acceptors (Lipinski definition) is 2. The van der Waals surface area contributed by atoms with Crippen LogP contribution in [0.15, 0.2) is 36.5 Å². The fraction of sp³-hybridized carbons (Fsp3) is 0.214. The Kier molecular flexibility index (Phi) is 3.14. The van der Waals surface area contributed by atoms with E-state index < -0.39 is 0 Å². The molecular weight excluding hydrogens is 267 g/mol. The predicted molar refractivity (Wildman–Crippen MR) is 75.5 cm³/mol. The zero-order valence-corrected chi connectivity index (χ0v) is 11.2. The number of halogens is 2. The van der Waals surface area contributed by atoms with Crippen LogP contribution in [-0.2, 0) is 13.0 Å². The molecule has 1 aromatic carbocycles. The van der Waals surface area contributed by atoms with Crippen molar-refractivity contribution in [2.75, 3.05) is 11.4 Å². The Bertz CT molecular complexity index is 584. The Labute approximate surface area is 116 Å². The van der Waals surface area contributed by atoms with Crippen LogP contribution >= 0.6 is 23.2 Å². The number of benzene rings is 1. The smallest absolute Gasteiger partial charge is 0.147 e. The summed E-state index contributed by atoms with van der Waals surface area (Å²) in [5.41, 5.74) is 2.76. The van der Waals surface area contributed by atoms with Gasteiger partial charge in [-0.05, 0) is 23.6 Å². The molecule has 1 aliphatic heterocycles. The van der Waals surface area contributed by atoms with Gasteiger partial charge in [0.15, 0.2) is 0 Å². The van der Waals surface area contributed by atoms with Crippen molar-refractivity contribution < 1.29 is 0 Å². The number of hydrogen-bond donors (Lipinski definition) is 0. The van der Waals surface area contributed by atoms with Gasteiger partial charge in [-0.2, -0.15) is 0 Å². The van der Waals surface area contributed by atoms with Gasteiger partial charge in [0.1, 0.15) is 5.82 Å². The largest absolute Gasteiger partial charge is 0.351 e. The van der Waals surface area contributed by atoms with E-state index in [0.717, 1.165) is 25.3 Å². The second kappa shape index (κ2) is 4.79. The molecule has 0 spiro atoms. The maximum absolute atomic E-state index is 6.20. The van der Waals surface area contributed by atoms with E-state index in [0.29, 0.717) is 10.0 Å². The van der Waals surface area contributed by atoms with Crippen molar-refractivity contribution in [1.82, 2.24) is 4.98 Å². The molecule has 0 radical (unpaired) electrons. The molecule has 0 saturated carbocycles. The molecule has 0 unspecified atom stereocenters. The van der Waals surface area contributed by atoms with Gasteiger partial charge in [-0.25, -0.2) is 4.98 Å². The van der Waals surface area contributed by atoms with Crippen molar-refractivity contribution >= 4 is 29.0 Å². The zero-order chi connectivity index (χ0) is 12.5. The third-order valence-corrected chi connectivity index (χ3v) is 3.70. The SMILES string of the molecule is Clc1cnc(N2CCc3ccccc3C2)c(Cl)c1. The molecule has 18 heavy (non-hydrogen) atoms. The number of aromatic nitrogens is 1. The summed E-state index contributed by atoms with van der Waals surface area (Å²) in [6.45, 7) is 1.79. The molecule has 1 aromatic heterocycles. The molecule has 0 bridgehead atoms. The summed E-state index contributed by atoms with van der Waals surface area (Å²) >= 11 is 12.1. The normalized spacial score (nSPS) is 14.4. The number of pyridine rings is 1. The van der Waals surface area contributed by atoms with Gasteiger partial charge in [0.2, 0.25) is 0 Å². The highest BCUT2D eigenvalue weighted by Crippen LogP contribution is 2.29. The van der Waals surface area contributed by atoms with Crippen LogP contribution in [0.4, 0.5) is 5.82 Å². The molecular formula is C14H12Cl2N2. The molecule has 0 saturated heterocycles. The first kappa shape index (κ1) is 11.8. The van der Waals surface area contributed by atoms with Crippen LogP contribution in [-0.4, -0.2) is 11.5 Å². The molecule has 0 amide bonds. The summed E-state index contributed by atoms with van der Waals surface area (Å²) in [5.74, 6) is 0.815. The lowest BCUT2D eigenvalue weighted by Gasteiger charge is -2.30. The van der Waals surface area contributed by atoms with Gasteiger partial charge in [-0.3, -0.25) is 0 Å². The minimum Gasteiger partial charge on any atom is -0.351 e. The van der Waals surface area contributed by atoms with Gasteiger partial charge in [-0.15, -0.1) is 0 Å². The Morgan fingerprint density at radius 3 is 2.67 bits per heavy atom. The molecule has 2 aromatic rings. The third-order valence-electron chi connectivity index (χ3n) is 3.22. The van der Waals surface area contributed by atoms with E-state index in [1.807, 2.05) is 0 Å². The van der Waals surface area contributed by atoms with Gasteiger partial charge in [0.05, 0.1) is 10.0 Å². The van der Waals surface area contributed by atoms with E-state index in [4.69, 9.17) is 23.2 Å². The summed E-state index contributed by atoms with van der Waals surface area (Å²) in [7, 11) is 0. The lowest BCUT2D eigenvalue weighted by molar-refractivity contribution is 0.721. The number of anilines is 1. The second-order valence-corrected chi connectivity index (χ2v) is 5.24. The van der Waals surface area contributed by atoms with E-state index in [9.17, 15) is 0 Å². The third kappa shape index (κ3) is 2.18. The van der Waals surface area contributed by atoms with Crippen molar-refractivity contribution in [3.8, 4) is 0 Å². The average molecular weight is 279 g/mol. The quantitative estimate of drug-likeness (QED) is 0.785. The summed E-state index contributed by atoms with van der Waals surface area (Å²) in [6.07, 6.45) is 2.67. The second-order valence-electron chi connectivity index (χ2n) is 4.40. The van der Waals surface area contributed by atoms with E-state index in [1.54, 1.807) is 12.3 Å². The topological polar surface area (TPSA) is 16.1 Å². The van der Waals surface area contributed by atoms with Gasteiger partial charge in [-0.1, -0.05) is 47.5 Å². The molecule has 0 atom stereocenters. The van der Waals surface area contributed by atoms with Crippen molar-refractivity contribution in [2.45, 2.75) is 13.0 Å². The van der Waals surface area contributed by atoms with Gasteiger partial charge < -0.3 is 4.90 Å². The summed E-state index contributed by atoms with van der Waals surface area (Å²) in [4.78, 5) is 6.53. The van der Waals surface area contributed by atoms with Crippen LogP contribution in [0.2, 0.25) is 10.0 Å². The molecule has 4 heteroatoms. The standard InChI is InChI=1S/C14H12Cl2N2/c15-12-7-13(16)14(17-8-12)18-6-5-10-3-1-2-4-11(10)9-18/h1-4,7-8H,5-6,9H2. The molecule has 0 N–H and O–H groups in total. The molecule has 92 valence electrons. The lowest BCUT2D eigenvalue weighted by Crippen LogP contribution is -2.31. The van der Waals surface area contributed by atoms with Crippen LogP contribution < -0.4 is 4.90 Å². The first-order valence-corrected chi connectivity index (χ1v) is 6.62. The monoisotopic (exact) mass is 278 g/mol. The Morgan fingerprint density at radius 2 is 1.89 bits per heavy atom. The molecule has 2 heterocycles. The van der Waals surface area contributed by atoms with E-state index in [2.05, 4.69) is 34.1 Å².